The van der Waals surface area contributed by atoms with Gasteiger partial charge in [0, 0.05) is 17.5 Å². The molecule has 4 nitrogen and oxygen atoms in total. The van der Waals surface area contributed by atoms with Gasteiger partial charge in [-0.05, 0) is 24.3 Å². The molecule has 0 saturated heterocycles. The summed E-state index contributed by atoms with van der Waals surface area (Å²) in [5.41, 5.74) is -2.27. The average molecular weight is 334 g/mol. The SMILES string of the molecule is O=C(Oc1ccc2c(C(F)(F)F)cc(=O)oc2c1)c1ccccc1. The van der Waals surface area contributed by atoms with Crippen molar-refractivity contribution in [2.75, 3.05) is 0 Å². The number of carbonyl (C=O) groups excluding carboxylic acids is 1. The molecular formula is C17H9F3O4. The van der Waals surface area contributed by atoms with Crippen LogP contribution < -0.4 is 10.4 Å². The number of esters is 1. The highest BCUT2D eigenvalue weighted by Gasteiger charge is 2.33. The maximum Gasteiger partial charge on any atom is 0.417 e. The Kier molecular flexibility index (Phi) is 3.84. The molecule has 0 unspecified atom stereocenters. The van der Waals surface area contributed by atoms with Crippen LogP contribution in [-0.2, 0) is 6.18 Å². The Balaban J connectivity index is 2.00. The minimum Gasteiger partial charge on any atom is -0.423 e. The average Bonchev–Trinajstić information content (AvgIpc) is 2.53. The van der Waals surface area contributed by atoms with Crippen molar-refractivity contribution in [1.82, 2.24) is 0 Å². The molecule has 7 heteroatoms. The molecule has 0 spiro atoms. The number of carbonyl (C=O) groups is 1. The molecule has 0 radical (unpaired) electrons. The fourth-order valence-corrected chi connectivity index (χ4v) is 2.18. The predicted molar refractivity (Wildman–Crippen MR) is 78.9 cm³/mol. The fraction of sp³-hybridized carbons (Fsp3) is 0.0588. The highest BCUT2D eigenvalue weighted by molar-refractivity contribution is 5.91. The molecule has 0 atom stereocenters. The maximum absolute atomic E-state index is 13.0. The summed E-state index contributed by atoms with van der Waals surface area (Å²) in [4.78, 5) is 23.3. The molecule has 0 aliphatic carbocycles. The van der Waals surface area contributed by atoms with Gasteiger partial charge in [0.15, 0.2) is 0 Å². The summed E-state index contributed by atoms with van der Waals surface area (Å²) >= 11 is 0. The van der Waals surface area contributed by atoms with Crippen molar-refractivity contribution in [1.29, 1.82) is 0 Å². The van der Waals surface area contributed by atoms with E-state index in [0.29, 0.717) is 6.07 Å². The van der Waals surface area contributed by atoms with Gasteiger partial charge in [0.05, 0.1) is 11.1 Å². The normalized spacial score (nSPS) is 11.5. The van der Waals surface area contributed by atoms with Crippen LogP contribution >= 0.6 is 0 Å². The Morgan fingerprint density at radius 1 is 1.00 bits per heavy atom. The molecule has 0 N–H and O–H groups in total. The zero-order valence-corrected chi connectivity index (χ0v) is 12.0. The molecule has 0 fully saturated rings. The van der Waals surface area contributed by atoms with Gasteiger partial charge >= 0.3 is 17.8 Å². The fourth-order valence-electron chi connectivity index (χ4n) is 2.18. The zero-order valence-electron chi connectivity index (χ0n) is 12.0. The van der Waals surface area contributed by atoms with E-state index in [9.17, 15) is 22.8 Å². The topological polar surface area (TPSA) is 56.5 Å². The molecule has 3 rings (SSSR count). The summed E-state index contributed by atoms with van der Waals surface area (Å²) in [7, 11) is 0. The number of rotatable bonds is 2. The number of ether oxygens (including phenoxy) is 1. The van der Waals surface area contributed by atoms with Gasteiger partial charge in [0.25, 0.3) is 0 Å². The van der Waals surface area contributed by atoms with E-state index in [1.165, 1.54) is 18.2 Å². The smallest absolute Gasteiger partial charge is 0.417 e. The lowest BCUT2D eigenvalue weighted by molar-refractivity contribution is -0.136. The van der Waals surface area contributed by atoms with Crippen LogP contribution in [0.4, 0.5) is 13.2 Å². The highest BCUT2D eigenvalue weighted by Crippen LogP contribution is 2.34. The third kappa shape index (κ3) is 3.15. The van der Waals surface area contributed by atoms with Crippen LogP contribution in [-0.4, -0.2) is 5.97 Å². The molecule has 122 valence electrons. The number of benzene rings is 2. The van der Waals surface area contributed by atoms with E-state index in [1.54, 1.807) is 18.2 Å². The summed E-state index contributed by atoms with van der Waals surface area (Å²) in [6, 6.07) is 11.8. The van der Waals surface area contributed by atoms with Crippen LogP contribution in [0.25, 0.3) is 11.0 Å². The second-order valence-corrected chi connectivity index (χ2v) is 4.89. The van der Waals surface area contributed by atoms with Gasteiger partial charge in [-0.15, -0.1) is 0 Å². The van der Waals surface area contributed by atoms with Gasteiger partial charge in [0.1, 0.15) is 11.3 Å². The number of fused-ring (bicyclic) bond motifs is 1. The number of hydrogen-bond acceptors (Lipinski definition) is 4. The van der Waals surface area contributed by atoms with Crippen molar-refractivity contribution < 1.29 is 27.1 Å². The van der Waals surface area contributed by atoms with Gasteiger partial charge < -0.3 is 9.15 Å². The standard InChI is InChI=1S/C17H9F3O4/c18-17(19,20)13-9-15(21)24-14-8-11(6-7-12(13)14)23-16(22)10-4-2-1-3-5-10/h1-9H. The molecule has 0 aliphatic heterocycles. The minimum absolute atomic E-state index is 0.0289. The lowest BCUT2D eigenvalue weighted by Gasteiger charge is -2.10. The van der Waals surface area contributed by atoms with E-state index in [4.69, 9.17) is 9.15 Å². The summed E-state index contributed by atoms with van der Waals surface area (Å²) < 4.78 is 48.8. The third-order valence-corrected chi connectivity index (χ3v) is 3.24. The van der Waals surface area contributed by atoms with Crippen molar-refractivity contribution in [2.45, 2.75) is 6.18 Å². The van der Waals surface area contributed by atoms with Crippen molar-refractivity contribution in [3.05, 3.63) is 76.1 Å². The van der Waals surface area contributed by atoms with E-state index >= 15 is 0 Å². The lowest BCUT2D eigenvalue weighted by Crippen LogP contribution is -2.11. The molecule has 1 heterocycles. The predicted octanol–water partition coefficient (Wildman–Crippen LogP) is 4.03. The van der Waals surface area contributed by atoms with Gasteiger partial charge in [-0.2, -0.15) is 13.2 Å². The molecule has 24 heavy (non-hydrogen) atoms. The quantitative estimate of drug-likeness (QED) is 0.403. The molecule has 0 aliphatic rings. The van der Waals surface area contributed by atoms with E-state index in [-0.39, 0.29) is 22.3 Å². The van der Waals surface area contributed by atoms with Crippen molar-refractivity contribution >= 4 is 16.9 Å². The van der Waals surface area contributed by atoms with E-state index in [1.807, 2.05) is 0 Å². The monoisotopic (exact) mass is 334 g/mol. The van der Waals surface area contributed by atoms with Crippen molar-refractivity contribution in [3.8, 4) is 5.75 Å². The highest BCUT2D eigenvalue weighted by atomic mass is 19.4. The van der Waals surface area contributed by atoms with Crippen LogP contribution in [0.1, 0.15) is 15.9 Å². The van der Waals surface area contributed by atoms with Gasteiger partial charge in [-0.1, -0.05) is 18.2 Å². The van der Waals surface area contributed by atoms with E-state index in [2.05, 4.69) is 0 Å². The van der Waals surface area contributed by atoms with Crippen molar-refractivity contribution in [2.24, 2.45) is 0 Å². The van der Waals surface area contributed by atoms with Crippen LogP contribution in [0.3, 0.4) is 0 Å². The maximum atomic E-state index is 13.0. The van der Waals surface area contributed by atoms with E-state index < -0.39 is 23.3 Å². The Labute approximate surface area is 133 Å². The molecule has 0 amide bonds. The second-order valence-electron chi connectivity index (χ2n) is 4.89. The molecular weight excluding hydrogens is 325 g/mol. The lowest BCUT2D eigenvalue weighted by atomic mass is 10.1. The Morgan fingerprint density at radius 3 is 2.38 bits per heavy atom. The Bertz CT molecular complexity index is 959. The van der Waals surface area contributed by atoms with Gasteiger partial charge in [-0.25, -0.2) is 9.59 Å². The first-order valence-electron chi connectivity index (χ1n) is 6.77. The molecule has 0 bridgehead atoms. The first-order valence-corrected chi connectivity index (χ1v) is 6.77. The van der Waals surface area contributed by atoms with Crippen LogP contribution in [0, 0.1) is 0 Å². The number of hydrogen-bond donors (Lipinski definition) is 0. The zero-order chi connectivity index (χ0) is 17.3. The first-order chi connectivity index (χ1) is 11.3. The Hall–Kier alpha value is -3.09. The summed E-state index contributed by atoms with van der Waals surface area (Å²) in [5, 5.41) is -0.290. The summed E-state index contributed by atoms with van der Waals surface area (Å²) in [6.45, 7) is 0. The summed E-state index contributed by atoms with van der Waals surface area (Å²) in [6.07, 6.45) is -4.70. The molecule has 2 aromatic carbocycles. The third-order valence-electron chi connectivity index (χ3n) is 3.24. The molecule has 1 aromatic heterocycles. The molecule has 0 saturated carbocycles. The van der Waals surface area contributed by atoms with Crippen LogP contribution in [0.5, 0.6) is 5.75 Å². The molecule has 3 aromatic rings. The number of halogens is 3. The van der Waals surface area contributed by atoms with Crippen LogP contribution in [0.2, 0.25) is 0 Å². The van der Waals surface area contributed by atoms with Crippen LogP contribution in [0.15, 0.2) is 63.8 Å². The minimum atomic E-state index is -4.70. The van der Waals surface area contributed by atoms with E-state index in [0.717, 1.165) is 12.1 Å². The number of alkyl halides is 3. The summed E-state index contributed by atoms with van der Waals surface area (Å²) in [5.74, 6) is -0.705. The van der Waals surface area contributed by atoms with Gasteiger partial charge in [-0.3, -0.25) is 0 Å². The second kappa shape index (κ2) is 5.84. The largest absolute Gasteiger partial charge is 0.423 e. The van der Waals surface area contributed by atoms with Crippen molar-refractivity contribution in [3.63, 3.8) is 0 Å². The first kappa shape index (κ1) is 15.8. The Morgan fingerprint density at radius 2 is 1.71 bits per heavy atom. The van der Waals surface area contributed by atoms with Gasteiger partial charge in [0.2, 0.25) is 0 Å².